The van der Waals surface area contributed by atoms with E-state index < -0.39 is 5.97 Å². The van der Waals surface area contributed by atoms with E-state index in [0.717, 1.165) is 12.8 Å². The van der Waals surface area contributed by atoms with Gasteiger partial charge >= 0.3 is 29.6 Å². The summed E-state index contributed by atoms with van der Waals surface area (Å²) < 4.78 is 0. The van der Waals surface area contributed by atoms with Crippen molar-refractivity contribution in [2.75, 3.05) is 0 Å². The first-order valence-corrected chi connectivity index (χ1v) is 6.97. The van der Waals surface area contributed by atoms with Crippen molar-refractivity contribution in [1.82, 2.24) is 0 Å². The fourth-order valence-electron chi connectivity index (χ4n) is 1.84. The summed E-state index contributed by atoms with van der Waals surface area (Å²) in [5, 5.41) is 10.00. The minimum Gasteiger partial charge on any atom is -0.537 e. The van der Waals surface area contributed by atoms with Gasteiger partial charge in [-0.2, -0.15) is 0 Å². The van der Waals surface area contributed by atoms with Crippen molar-refractivity contribution < 1.29 is 39.5 Å². The van der Waals surface area contributed by atoms with Gasteiger partial charge < -0.3 is 9.90 Å². The molecule has 0 aromatic rings. The molecule has 0 aliphatic heterocycles. The van der Waals surface area contributed by atoms with Crippen LogP contribution in [-0.2, 0) is 4.79 Å². The molecule has 0 aromatic carbocycles. The zero-order valence-electron chi connectivity index (χ0n) is 12.1. The van der Waals surface area contributed by atoms with E-state index in [0.29, 0.717) is 6.42 Å². The van der Waals surface area contributed by atoms with E-state index in [-0.39, 0.29) is 29.6 Å². The molecule has 98 valence electrons. The van der Waals surface area contributed by atoms with E-state index in [9.17, 15) is 9.90 Å². The summed E-state index contributed by atoms with van der Waals surface area (Å²) in [7, 11) is 0. The number of unbranched alkanes of at least 4 members (excludes halogenated alkanes) is 10. The van der Waals surface area contributed by atoms with Gasteiger partial charge in [0.2, 0.25) is 0 Å². The van der Waals surface area contributed by atoms with Gasteiger partial charge in [-0.1, -0.05) is 70.6 Å². The summed E-state index contributed by atoms with van der Waals surface area (Å²) in [6.45, 7) is 2.24. The first-order chi connectivity index (χ1) is 8.27. The number of rotatable bonds is 10. The third-order valence-corrected chi connectivity index (χ3v) is 2.85. The van der Waals surface area contributed by atoms with Crippen LogP contribution in [0.2, 0.25) is 0 Å². The molecule has 0 N–H and O–H groups in total. The molecule has 0 rings (SSSR count). The minimum absolute atomic E-state index is 0. The molecule has 2 nitrogen and oxygen atoms in total. The number of hydrogen-bond acceptors (Lipinski definition) is 2. The monoisotopic (exact) mass is 260 g/mol. The predicted molar refractivity (Wildman–Crippen MR) is 69.2 cm³/mol. The topological polar surface area (TPSA) is 40.1 Å². The second kappa shape index (κ2) is 17.0. The second-order valence-electron chi connectivity index (χ2n) is 4.52. The number of carbonyl (C=O) groups excluding carboxylic acids is 1. The van der Waals surface area contributed by atoms with Crippen molar-refractivity contribution in [1.29, 1.82) is 0 Å². The molecular formula is C15H25NaO2. The normalized spacial score (nSPS) is 9.17. The number of carboxylic acids is 1. The van der Waals surface area contributed by atoms with Crippen molar-refractivity contribution in [3.63, 3.8) is 0 Å². The largest absolute Gasteiger partial charge is 1.00 e. The van der Waals surface area contributed by atoms with Crippen molar-refractivity contribution in [2.45, 2.75) is 77.6 Å². The van der Waals surface area contributed by atoms with Gasteiger partial charge in [-0.3, -0.25) is 0 Å². The zero-order valence-corrected chi connectivity index (χ0v) is 14.1. The second-order valence-corrected chi connectivity index (χ2v) is 4.52. The smallest absolute Gasteiger partial charge is 0.537 e. The van der Waals surface area contributed by atoms with E-state index in [2.05, 4.69) is 12.8 Å². The SMILES string of the molecule is CCCCCCCCCCCCC#CC(=O)[O-].[Na+]. The van der Waals surface area contributed by atoms with Gasteiger partial charge in [0.15, 0.2) is 0 Å². The van der Waals surface area contributed by atoms with Crippen LogP contribution in [0.3, 0.4) is 0 Å². The van der Waals surface area contributed by atoms with E-state index >= 15 is 0 Å². The third-order valence-electron chi connectivity index (χ3n) is 2.85. The maximum absolute atomic E-state index is 10.00. The Labute approximate surface area is 134 Å². The van der Waals surface area contributed by atoms with Gasteiger partial charge in [0.25, 0.3) is 0 Å². The molecule has 0 saturated heterocycles. The Hall–Kier alpha value is 0.0300. The van der Waals surface area contributed by atoms with E-state index in [1.165, 1.54) is 51.4 Å². The van der Waals surface area contributed by atoms with Crippen LogP contribution in [0.4, 0.5) is 0 Å². The Morgan fingerprint density at radius 2 is 1.33 bits per heavy atom. The summed E-state index contributed by atoms with van der Waals surface area (Å²) in [5.74, 6) is 3.36. The van der Waals surface area contributed by atoms with Crippen LogP contribution < -0.4 is 34.7 Å². The molecule has 0 bridgehead atoms. The van der Waals surface area contributed by atoms with Crippen LogP contribution in [-0.4, -0.2) is 5.97 Å². The summed E-state index contributed by atoms with van der Waals surface area (Å²) in [4.78, 5) is 10.00. The van der Waals surface area contributed by atoms with Gasteiger partial charge in [-0.15, -0.1) is 0 Å². The number of aliphatic carboxylic acids is 1. The Kier molecular flexibility index (Phi) is 19.3. The Morgan fingerprint density at radius 1 is 0.889 bits per heavy atom. The molecule has 0 aromatic heterocycles. The molecule has 3 heteroatoms. The van der Waals surface area contributed by atoms with Crippen LogP contribution in [0.25, 0.3) is 0 Å². The van der Waals surface area contributed by atoms with Crippen LogP contribution in [0, 0.1) is 11.8 Å². The fourth-order valence-corrected chi connectivity index (χ4v) is 1.84. The summed E-state index contributed by atoms with van der Waals surface area (Å²) >= 11 is 0. The quantitative estimate of drug-likeness (QED) is 0.316. The molecule has 0 aliphatic rings. The van der Waals surface area contributed by atoms with Crippen LogP contribution >= 0.6 is 0 Å². The number of carboxylic acid groups (broad SMARTS) is 1. The first kappa shape index (κ1) is 20.3. The van der Waals surface area contributed by atoms with E-state index in [4.69, 9.17) is 0 Å². The Morgan fingerprint density at radius 3 is 1.78 bits per heavy atom. The summed E-state index contributed by atoms with van der Waals surface area (Å²) in [5.41, 5.74) is 0. The average molecular weight is 260 g/mol. The van der Waals surface area contributed by atoms with E-state index in [1.54, 1.807) is 0 Å². The molecule has 0 saturated carbocycles. The van der Waals surface area contributed by atoms with Gasteiger partial charge in [0.05, 0.1) is 0 Å². The van der Waals surface area contributed by atoms with Crippen molar-refractivity contribution in [3.05, 3.63) is 0 Å². The zero-order chi connectivity index (χ0) is 12.8. The molecule has 18 heavy (non-hydrogen) atoms. The molecule has 0 radical (unpaired) electrons. The third kappa shape index (κ3) is 18.4. The van der Waals surface area contributed by atoms with Crippen LogP contribution in [0.5, 0.6) is 0 Å². The standard InChI is InChI=1S/C15H26O2.Na/c1-2-3-4-5-6-7-8-9-10-11-12-13-14-15(16)17;/h2-12H2,1H3,(H,16,17);/q;+1/p-1. The van der Waals surface area contributed by atoms with Crippen LogP contribution in [0.1, 0.15) is 77.6 Å². The minimum atomic E-state index is -1.27. The molecular weight excluding hydrogens is 235 g/mol. The molecule has 0 amide bonds. The molecule has 0 heterocycles. The first-order valence-electron chi connectivity index (χ1n) is 6.97. The fraction of sp³-hybridized carbons (Fsp3) is 0.800. The molecule has 0 atom stereocenters. The maximum Gasteiger partial charge on any atom is 1.00 e. The van der Waals surface area contributed by atoms with Crippen LogP contribution in [0.15, 0.2) is 0 Å². The Balaban J connectivity index is 0. The molecule has 0 aliphatic carbocycles. The van der Waals surface area contributed by atoms with Gasteiger partial charge in [0, 0.05) is 6.42 Å². The number of carbonyl (C=O) groups is 1. The van der Waals surface area contributed by atoms with Crippen molar-refractivity contribution in [3.8, 4) is 11.8 Å². The summed E-state index contributed by atoms with van der Waals surface area (Å²) in [6.07, 6.45) is 13.6. The molecule has 0 spiro atoms. The number of hydrogen-bond donors (Lipinski definition) is 0. The summed E-state index contributed by atoms with van der Waals surface area (Å²) in [6, 6.07) is 0. The van der Waals surface area contributed by atoms with Gasteiger partial charge in [-0.25, -0.2) is 0 Å². The maximum atomic E-state index is 10.00. The van der Waals surface area contributed by atoms with Gasteiger partial charge in [0.1, 0.15) is 5.97 Å². The Bertz CT molecular complexity index is 241. The van der Waals surface area contributed by atoms with Crippen molar-refractivity contribution >= 4 is 5.97 Å². The van der Waals surface area contributed by atoms with E-state index in [1.807, 2.05) is 5.92 Å². The molecule has 0 unspecified atom stereocenters. The van der Waals surface area contributed by atoms with Crippen molar-refractivity contribution in [2.24, 2.45) is 0 Å². The molecule has 0 fully saturated rings. The van der Waals surface area contributed by atoms with Gasteiger partial charge in [-0.05, 0) is 12.3 Å². The predicted octanol–water partition coefficient (Wildman–Crippen LogP) is 0.0547. The average Bonchev–Trinajstić information content (AvgIpc) is 2.30.